The normalized spacial score (nSPS) is 27.4. The summed E-state index contributed by atoms with van der Waals surface area (Å²) in [7, 11) is 0. The topological polar surface area (TPSA) is 35.5 Å². The van der Waals surface area contributed by atoms with Crippen molar-refractivity contribution in [2.75, 3.05) is 26.2 Å². The predicted molar refractivity (Wildman–Crippen MR) is 59.4 cm³/mol. The fourth-order valence-corrected chi connectivity index (χ4v) is 2.18. The quantitative estimate of drug-likeness (QED) is 0.667. The second-order valence-electron chi connectivity index (χ2n) is 4.30. The van der Waals surface area contributed by atoms with Crippen LogP contribution in [0.2, 0.25) is 0 Å². The Labute approximate surface area is 87.5 Å². The van der Waals surface area contributed by atoms with Gasteiger partial charge in [-0.1, -0.05) is 13.8 Å². The Balaban J connectivity index is 2.24. The van der Waals surface area contributed by atoms with Crippen molar-refractivity contribution >= 4 is 0 Å². The second kappa shape index (κ2) is 6.38. The van der Waals surface area contributed by atoms with E-state index in [4.69, 9.17) is 0 Å². The third-order valence-corrected chi connectivity index (χ3v) is 2.76. The number of nitrogens with one attached hydrogen (secondary N) is 1. The first-order chi connectivity index (χ1) is 6.76. The minimum absolute atomic E-state index is 0.120. The first kappa shape index (κ1) is 12.0. The number of aliphatic hydroxyl groups excluding tert-OH is 1. The molecule has 1 aliphatic rings. The summed E-state index contributed by atoms with van der Waals surface area (Å²) in [6.45, 7) is 8.68. The van der Waals surface area contributed by atoms with E-state index in [-0.39, 0.29) is 6.10 Å². The van der Waals surface area contributed by atoms with Gasteiger partial charge in [0.2, 0.25) is 0 Å². The van der Waals surface area contributed by atoms with Gasteiger partial charge in [-0.3, -0.25) is 0 Å². The standard InChI is InChI=1S/C11H24N2O/c1-3-5-13(6-4-2)9-10-7-11(14)8-12-10/h10-12,14H,3-9H2,1-2H3. The maximum Gasteiger partial charge on any atom is 0.0680 e. The molecule has 84 valence electrons. The molecule has 0 amide bonds. The predicted octanol–water partition coefficient (Wildman–Crippen LogP) is 0.831. The summed E-state index contributed by atoms with van der Waals surface area (Å²) >= 11 is 0. The van der Waals surface area contributed by atoms with Gasteiger partial charge in [-0.25, -0.2) is 0 Å². The van der Waals surface area contributed by atoms with Crippen LogP contribution in [0.4, 0.5) is 0 Å². The molecule has 3 heteroatoms. The summed E-state index contributed by atoms with van der Waals surface area (Å²) in [4.78, 5) is 2.50. The molecule has 0 radical (unpaired) electrons. The van der Waals surface area contributed by atoms with Gasteiger partial charge in [0.25, 0.3) is 0 Å². The monoisotopic (exact) mass is 200 g/mol. The van der Waals surface area contributed by atoms with E-state index in [1.54, 1.807) is 0 Å². The zero-order chi connectivity index (χ0) is 10.4. The number of hydrogen-bond acceptors (Lipinski definition) is 3. The highest BCUT2D eigenvalue weighted by Gasteiger charge is 2.23. The molecule has 0 aromatic heterocycles. The van der Waals surface area contributed by atoms with Crippen molar-refractivity contribution < 1.29 is 5.11 Å². The summed E-state index contributed by atoms with van der Waals surface area (Å²) in [6, 6.07) is 0.503. The number of β-amino-alcohol motifs (C(OH)–C–C–N with tert-alkyl or cyclic N) is 1. The Morgan fingerprint density at radius 3 is 2.36 bits per heavy atom. The van der Waals surface area contributed by atoms with Crippen molar-refractivity contribution in [3.05, 3.63) is 0 Å². The van der Waals surface area contributed by atoms with Crippen molar-refractivity contribution in [3.63, 3.8) is 0 Å². The second-order valence-corrected chi connectivity index (χ2v) is 4.30. The number of hydrogen-bond donors (Lipinski definition) is 2. The number of aliphatic hydroxyl groups is 1. The van der Waals surface area contributed by atoms with E-state index in [1.807, 2.05) is 0 Å². The molecular weight excluding hydrogens is 176 g/mol. The highest BCUT2D eigenvalue weighted by Crippen LogP contribution is 2.08. The largest absolute Gasteiger partial charge is 0.392 e. The van der Waals surface area contributed by atoms with E-state index in [0.717, 1.165) is 19.5 Å². The molecule has 2 N–H and O–H groups in total. The Hall–Kier alpha value is -0.120. The SMILES string of the molecule is CCCN(CCC)CC1CC(O)CN1. The van der Waals surface area contributed by atoms with Gasteiger partial charge in [0, 0.05) is 19.1 Å². The van der Waals surface area contributed by atoms with Crippen molar-refractivity contribution in [3.8, 4) is 0 Å². The molecule has 1 heterocycles. The molecule has 1 fully saturated rings. The highest BCUT2D eigenvalue weighted by atomic mass is 16.3. The van der Waals surface area contributed by atoms with E-state index in [9.17, 15) is 5.11 Å². The molecule has 1 rings (SSSR count). The first-order valence-corrected chi connectivity index (χ1v) is 5.90. The van der Waals surface area contributed by atoms with Gasteiger partial charge in [-0.15, -0.1) is 0 Å². The van der Waals surface area contributed by atoms with Crippen LogP contribution in [0, 0.1) is 0 Å². The van der Waals surface area contributed by atoms with Crippen molar-refractivity contribution in [1.29, 1.82) is 0 Å². The van der Waals surface area contributed by atoms with E-state index < -0.39 is 0 Å². The maximum absolute atomic E-state index is 9.39. The van der Waals surface area contributed by atoms with E-state index in [2.05, 4.69) is 24.1 Å². The van der Waals surface area contributed by atoms with Gasteiger partial charge in [-0.2, -0.15) is 0 Å². The van der Waals surface area contributed by atoms with Crippen LogP contribution in [0.5, 0.6) is 0 Å². The molecule has 0 spiro atoms. The lowest BCUT2D eigenvalue weighted by molar-refractivity contribution is 0.186. The van der Waals surface area contributed by atoms with Gasteiger partial charge >= 0.3 is 0 Å². The summed E-state index contributed by atoms with van der Waals surface area (Å²) in [6.07, 6.45) is 3.24. The smallest absolute Gasteiger partial charge is 0.0680 e. The maximum atomic E-state index is 9.39. The van der Waals surface area contributed by atoms with Crippen LogP contribution < -0.4 is 5.32 Å². The molecule has 2 unspecified atom stereocenters. The molecule has 3 nitrogen and oxygen atoms in total. The summed E-state index contributed by atoms with van der Waals surface area (Å²) in [5.74, 6) is 0. The van der Waals surface area contributed by atoms with Gasteiger partial charge in [0.15, 0.2) is 0 Å². The lowest BCUT2D eigenvalue weighted by Gasteiger charge is -2.24. The van der Waals surface area contributed by atoms with Gasteiger partial charge in [-0.05, 0) is 32.4 Å². The molecule has 0 saturated carbocycles. The van der Waals surface area contributed by atoms with Crippen LogP contribution in [0.25, 0.3) is 0 Å². The van der Waals surface area contributed by atoms with Crippen LogP contribution in [-0.2, 0) is 0 Å². The van der Waals surface area contributed by atoms with Gasteiger partial charge in [0.1, 0.15) is 0 Å². The Bertz CT molecular complexity index is 146. The summed E-state index contributed by atoms with van der Waals surface area (Å²) in [5, 5.41) is 12.8. The van der Waals surface area contributed by atoms with Crippen LogP contribution in [0.3, 0.4) is 0 Å². The van der Waals surface area contributed by atoms with E-state index >= 15 is 0 Å². The molecule has 1 saturated heterocycles. The minimum Gasteiger partial charge on any atom is -0.392 e. The minimum atomic E-state index is -0.120. The zero-order valence-electron chi connectivity index (χ0n) is 9.50. The number of rotatable bonds is 6. The lowest BCUT2D eigenvalue weighted by Crippen LogP contribution is -2.38. The average Bonchev–Trinajstić information content (AvgIpc) is 2.52. The molecule has 0 aromatic carbocycles. The molecule has 0 bridgehead atoms. The van der Waals surface area contributed by atoms with Crippen molar-refractivity contribution in [2.24, 2.45) is 0 Å². The molecule has 14 heavy (non-hydrogen) atoms. The highest BCUT2D eigenvalue weighted by molar-refractivity contribution is 4.83. The molecule has 0 aliphatic carbocycles. The molecular formula is C11H24N2O. The third kappa shape index (κ3) is 3.95. The Morgan fingerprint density at radius 2 is 1.93 bits per heavy atom. The molecule has 0 aromatic rings. The fourth-order valence-electron chi connectivity index (χ4n) is 2.18. The zero-order valence-corrected chi connectivity index (χ0v) is 9.50. The van der Waals surface area contributed by atoms with Crippen LogP contribution in [0.15, 0.2) is 0 Å². The van der Waals surface area contributed by atoms with E-state index in [0.29, 0.717) is 6.04 Å². The van der Waals surface area contributed by atoms with Crippen LogP contribution >= 0.6 is 0 Å². The fraction of sp³-hybridized carbons (Fsp3) is 1.00. The van der Waals surface area contributed by atoms with Crippen LogP contribution in [-0.4, -0.2) is 48.3 Å². The van der Waals surface area contributed by atoms with Gasteiger partial charge < -0.3 is 15.3 Å². The third-order valence-electron chi connectivity index (χ3n) is 2.76. The van der Waals surface area contributed by atoms with Crippen LogP contribution in [0.1, 0.15) is 33.1 Å². The molecule has 2 atom stereocenters. The summed E-state index contributed by atoms with van der Waals surface area (Å²) in [5.41, 5.74) is 0. The van der Waals surface area contributed by atoms with Gasteiger partial charge in [0.05, 0.1) is 6.10 Å². The first-order valence-electron chi connectivity index (χ1n) is 5.90. The number of nitrogens with zero attached hydrogens (tertiary/aromatic N) is 1. The average molecular weight is 200 g/mol. The van der Waals surface area contributed by atoms with Crippen molar-refractivity contribution in [1.82, 2.24) is 10.2 Å². The summed E-state index contributed by atoms with van der Waals surface area (Å²) < 4.78 is 0. The molecule has 1 aliphatic heterocycles. The van der Waals surface area contributed by atoms with Crippen molar-refractivity contribution in [2.45, 2.75) is 45.3 Å². The Kier molecular flexibility index (Phi) is 5.45. The van der Waals surface area contributed by atoms with E-state index in [1.165, 1.54) is 25.9 Å². The lowest BCUT2D eigenvalue weighted by atomic mass is 10.2. The Morgan fingerprint density at radius 1 is 1.29 bits per heavy atom.